The molecule has 18 heavy (non-hydrogen) atoms. The molecule has 1 aromatic carbocycles. The number of rotatable bonds is 4. The van der Waals surface area contributed by atoms with Crippen LogP contribution in [0.3, 0.4) is 0 Å². The summed E-state index contributed by atoms with van der Waals surface area (Å²) in [5, 5.41) is 8.67. The van der Waals surface area contributed by atoms with Crippen molar-refractivity contribution in [1.29, 1.82) is 0 Å². The van der Waals surface area contributed by atoms with Crippen molar-refractivity contribution in [3.63, 3.8) is 0 Å². The van der Waals surface area contributed by atoms with E-state index in [0.717, 1.165) is 0 Å². The van der Waals surface area contributed by atoms with Crippen molar-refractivity contribution in [3.8, 4) is 0 Å². The third-order valence-electron chi connectivity index (χ3n) is 2.06. The topological polar surface area (TPSA) is 56.0 Å². The summed E-state index contributed by atoms with van der Waals surface area (Å²) < 4.78 is 5.15. The van der Waals surface area contributed by atoms with Crippen LogP contribution in [0.5, 0.6) is 0 Å². The molecular weight excluding hydrogens is 295 g/mol. The van der Waals surface area contributed by atoms with Crippen molar-refractivity contribution in [3.05, 3.63) is 39.7 Å². The highest BCUT2D eigenvalue weighted by Gasteiger charge is 2.13. The van der Waals surface area contributed by atoms with Gasteiger partial charge in [0, 0.05) is 17.5 Å². The van der Waals surface area contributed by atoms with Gasteiger partial charge in [0.1, 0.15) is 0 Å². The van der Waals surface area contributed by atoms with E-state index in [1.54, 1.807) is 25.1 Å². The van der Waals surface area contributed by atoms with Gasteiger partial charge < -0.3 is 4.42 Å². The van der Waals surface area contributed by atoms with Gasteiger partial charge in [0.05, 0.1) is 10.8 Å². The lowest BCUT2D eigenvalue weighted by Crippen LogP contribution is -2.03. The first-order valence-electron chi connectivity index (χ1n) is 4.97. The predicted molar refractivity (Wildman–Crippen MR) is 70.6 cm³/mol. The van der Waals surface area contributed by atoms with Crippen LogP contribution < -0.4 is 0 Å². The maximum Gasteiger partial charge on any atom is 0.277 e. The number of carbonyl (C=O) groups excluding carboxylic acids is 1. The maximum absolute atomic E-state index is 11.9. The summed E-state index contributed by atoms with van der Waals surface area (Å²) in [4.78, 5) is 11.9. The average molecular weight is 303 g/mol. The van der Waals surface area contributed by atoms with E-state index >= 15 is 0 Å². The molecule has 0 aliphatic heterocycles. The Kier molecular flexibility index (Phi) is 4.27. The number of hydrogen-bond acceptors (Lipinski definition) is 5. The van der Waals surface area contributed by atoms with E-state index in [4.69, 9.17) is 27.6 Å². The second-order valence-corrected chi connectivity index (χ2v) is 5.19. The van der Waals surface area contributed by atoms with Crippen molar-refractivity contribution in [2.45, 2.75) is 12.1 Å². The molecule has 0 fully saturated rings. The second kappa shape index (κ2) is 5.73. The zero-order valence-corrected chi connectivity index (χ0v) is 11.6. The van der Waals surface area contributed by atoms with E-state index in [1.165, 1.54) is 11.8 Å². The molecule has 0 aliphatic rings. The van der Waals surface area contributed by atoms with Crippen molar-refractivity contribution < 1.29 is 9.21 Å². The molecule has 2 rings (SSSR count). The van der Waals surface area contributed by atoms with Gasteiger partial charge in [-0.1, -0.05) is 35.0 Å². The first kappa shape index (κ1) is 13.4. The smallest absolute Gasteiger partial charge is 0.277 e. The normalized spacial score (nSPS) is 10.6. The monoisotopic (exact) mass is 302 g/mol. The Bertz CT molecular complexity index is 586. The van der Waals surface area contributed by atoms with Gasteiger partial charge in [-0.25, -0.2) is 0 Å². The Hall–Kier alpha value is -1.04. The molecule has 4 nitrogen and oxygen atoms in total. The molecule has 94 valence electrons. The van der Waals surface area contributed by atoms with Crippen molar-refractivity contribution >= 4 is 40.7 Å². The van der Waals surface area contributed by atoms with E-state index < -0.39 is 0 Å². The number of thioether (sulfide) groups is 1. The molecule has 0 atom stereocenters. The zero-order valence-electron chi connectivity index (χ0n) is 9.31. The van der Waals surface area contributed by atoms with Gasteiger partial charge in [-0.15, -0.1) is 10.2 Å². The van der Waals surface area contributed by atoms with Crippen LogP contribution in [0.15, 0.2) is 27.8 Å². The number of nitrogens with zero attached hydrogens (tertiary/aromatic N) is 2. The van der Waals surface area contributed by atoms with Crippen LogP contribution in [0.25, 0.3) is 0 Å². The van der Waals surface area contributed by atoms with Gasteiger partial charge in [-0.05, 0) is 18.2 Å². The maximum atomic E-state index is 11.9. The molecule has 0 bridgehead atoms. The minimum atomic E-state index is -0.136. The highest BCUT2D eigenvalue weighted by molar-refractivity contribution is 7.99. The van der Waals surface area contributed by atoms with Gasteiger partial charge in [0.2, 0.25) is 5.89 Å². The van der Waals surface area contributed by atoms with Crippen molar-refractivity contribution in [2.75, 3.05) is 5.75 Å². The molecule has 0 spiro atoms. The van der Waals surface area contributed by atoms with Crippen LogP contribution in [0.1, 0.15) is 16.2 Å². The molecule has 0 amide bonds. The predicted octanol–water partition coefficient (Wildman–Crippen LogP) is 3.66. The van der Waals surface area contributed by atoms with Crippen molar-refractivity contribution in [1.82, 2.24) is 10.2 Å². The largest absolute Gasteiger partial charge is 0.416 e. The van der Waals surface area contributed by atoms with E-state index in [9.17, 15) is 4.79 Å². The summed E-state index contributed by atoms with van der Waals surface area (Å²) >= 11 is 12.9. The first-order chi connectivity index (χ1) is 8.56. The number of benzene rings is 1. The summed E-state index contributed by atoms with van der Waals surface area (Å²) in [5.41, 5.74) is 0.396. The van der Waals surface area contributed by atoms with Gasteiger partial charge in [-0.2, -0.15) is 0 Å². The Morgan fingerprint density at radius 2 is 2.17 bits per heavy atom. The summed E-state index contributed by atoms with van der Waals surface area (Å²) in [6, 6.07) is 4.78. The zero-order chi connectivity index (χ0) is 13.1. The third kappa shape index (κ3) is 3.25. The molecule has 0 N–H and O–H groups in total. The lowest BCUT2D eigenvalue weighted by molar-refractivity contribution is 0.102. The minimum absolute atomic E-state index is 0.136. The van der Waals surface area contributed by atoms with Gasteiger partial charge in [0.15, 0.2) is 5.78 Å². The Morgan fingerprint density at radius 3 is 2.83 bits per heavy atom. The molecule has 1 aromatic heterocycles. The van der Waals surface area contributed by atoms with Gasteiger partial charge >= 0.3 is 0 Å². The average Bonchev–Trinajstić information content (AvgIpc) is 2.75. The number of aromatic nitrogens is 2. The van der Waals surface area contributed by atoms with E-state index in [-0.39, 0.29) is 11.5 Å². The molecule has 1 heterocycles. The lowest BCUT2D eigenvalue weighted by Gasteiger charge is -2.02. The number of aryl methyl sites for hydroxylation is 1. The molecule has 0 saturated carbocycles. The SMILES string of the molecule is Cc1nnc(SCC(=O)c2cc(Cl)ccc2Cl)o1. The van der Waals surface area contributed by atoms with Crippen LogP contribution in [-0.4, -0.2) is 21.7 Å². The van der Waals surface area contributed by atoms with Crippen LogP contribution in [0, 0.1) is 6.92 Å². The Labute approximate surface area is 118 Å². The van der Waals surface area contributed by atoms with Crippen molar-refractivity contribution in [2.24, 2.45) is 0 Å². The first-order valence-corrected chi connectivity index (χ1v) is 6.71. The molecular formula is C11H8Cl2N2O2S. The number of Topliss-reactive ketones (excluding diaryl/α,β-unsaturated/α-hetero) is 1. The number of carbonyl (C=O) groups is 1. The van der Waals surface area contributed by atoms with Crippen LogP contribution in [-0.2, 0) is 0 Å². The molecule has 7 heteroatoms. The number of halogens is 2. The third-order valence-corrected chi connectivity index (χ3v) is 3.45. The Balaban J connectivity index is 2.05. The van der Waals surface area contributed by atoms with E-state index in [0.29, 0.717) is 26.7 Å². The summed E-state index contributed by atoms with van der Waals surface area (Å²) in [5.74, 6) is 0.496. The molecule has 2 aromatic rings. The summed E-state index contributed by atoms with van der Waals surface area (Å²) in [6.45, 7) is 1.69. The van der Waals surface area contributed by atoms with Gasteiger partial charge in [0.25, 0.3) is 5.22 Å². The van der Waals surface area contributed by atoms with Crippen LogP contribution in [0.2, 0.25) is 10.0 Å². The second-order valence-electron chi connectivity index (χ2n) is 3.42. The Morgan fingerprint density at radius 1 is 1.39 bits per heavy atom. The molecule has 0 radical (unpaired) electrons. The summed E-state index contributed by atoms with van der Waals surface area (Å²) in [6.07, 6.45) is 0. The molecule has 0 aliphatic carbocycles. The van der Waals surface area contributed by atoms with E-state index in [2.05, 4.69) is 10.2 Å². The van der Waals surface area contributed by atoms with E-state index in [1.807, 2.05) is 0 Å². The molecule has 0 unspecified atom stereocenters. The minimum Gasteiger partial charge on any atom is -0.416 e. The van der Waals surface area contributed by atoms with Crippen LogP contribution >= 0.6 is 35.0 Å². The number of ketones is 1. The fourth-order valence-electron chi connectivity index (χ4n) is 1.25. The number of hydrogen-bond donors (Lipinski definition) is 0. The highest BCUT2D eigenvalue weighted by atomic mass is 35.5. The highest BCUT2D eigenvalue weighted by Crippen LogP contribution is 2.24. The fourth-order valence-corrected chi connectivity index (χ4v) is 2.34. The van der Waals surface area contributed by atoms with Gasteiger partial charge in [-0.3, -0.25) is 4.79 Å². The summed E-state index contributed by atoms with van der Waals surface area (Å²) in [7, 11) is 0. The lowest BCUT2D eigenvalue weighted by atomic mass is 10.1. The van der Waals surface area contributed by atoms with Crippen LogP contribution in [0.4, 0.5) is 0 Å². The molecule has 0 saturated heterocycles. The standard InChI is InChI=1S/C11H8Cl2N2O2S/c1-6-14-15-11(17-6)18-5-10(16)8-4-7(12)2-3-9(8)13/h2-4H,5H2,1H3. The quantitative estimate of drug-likeness (QED) is 0.637. The fraction of sp³-hybridized carbons (Fsp3) is 0.182.